The molecule has 2 aromatic carbocycles. The second kappa shape index (κ2) is 7.85. The molecule has 0 bridgehead atoms. The maximum Gasteiger partial charge on any atom is 0.315 e. The van der Waals surface area contributed by atoms with E-state index in [-0.39, 0.29) is 12.1 Å². The van der Waals surface area contributed by atoms with E-state index in [1.165, 1.54) is 12.1 Å². The van der Waals surface area contributed by atoms with Crippen molar-refractivity contribution in [3.8, 4) is 6.07 Å². The zero-order valence-corrected chi connectivity index (χ0v) is 14.0. The summed E-state index contributed by atoms with van der Waals surface area (Å²) in [4.78, 5) is 12.1. The highest BCUT2D eigenvalue weighted by atomic mass is 19.1. The maximum absolute atomic E-state index is 13.5. The number of urea groups is 1. The van der Waals surface area contributed by atoms with Gasteiger partial charge in [0.2, 0.25) is 0 Å². The van der Waals surface area contributed by atoms with Gasteiger partial charge in [-0.2, -0.15) is 5.26 Å². The number of benzene rings is 2. The van der Waals surface area contributed by atoms with Crippen molar-refractivity contribution in [3.05, 3.63) is 65.0 Å². The van der Waals surface area contributed by atoms with Crippen LogP contribution in [-0.2, 0) is 6.42 Å². The molecule has 134 valence electrons. The lowest BCUT2D eigenvalue weighted by atomic mass is 10.1. The molecule has 0 heterocycles. The van der Waals surface area contributed by atoms with E-state index in [0.29, 0.717) is 18.7 Å². The molecular weight excluding hydrogens is 335 g/mol. The van der Waals surface area contributed by atoms with Crippen LogP contribution in [0.25, 0.3) is 0 Å². The number of hydrogen-bond donors (Lipinski definition) is 4. The normalized spacial score (nSPS) is 17.9. The lowest BCUT2D eigenvalue weighted by molar-refractivity contribution is 0.142. The molecule has 0 saturated carbocycles. The predicted molar refractivity (Wildman–Crippen MR) is 95.0 cm³/mol. The lowest BCUT2D eigenvalue weighted by Crippen LogP contribution is -2.42. The van der Waals surface area contributed by atoms with E-state index in [1.54, 1.807) is 6.07 Å². The molecule has 1 aliphatic carbocycles. The van der Waals surface area contributed by atoms with Crippen LogP contribution in [0.3, 0.4) is 0 Å². The van der Waals surface area contributed by atoms with Crippen molar-refractivity contribution in [3.63, 3.8) is 0 Å². The number of carbonyl (C=O) groups is 1. The SMILES string of the molecule is N#Cc1c(F)cccc1NCCNC(=O)N[C@H]1c2ccccc2C[C@@H]1O. The number of amides is 2. The van der Waals surface area contributed by atoms with E-state index in [2.05, 4.69) is 16.0 Å². The summed E-state index contributed by atoms with van der Waals surface area (Å²) in [5, 5.41) is 27.5. The number of nitriles is 1. The van der Waals surface area contributed by atoms with Gasteiger partial charge in [0.15, 0.2) is 0 Å². The minimum absolute atomic E-state index is 0.0531. The van der Waals surface area contributed by atoms with Gasteiger partial charge in [-0.3, -0.25) is 0 Å². The topological polar surface area (TPSA) is 97.2 Å². The molecule has 6 nitrogen and oxygen atoms in total. The Hall–Kier alpha value is -3.11. The fraction of sp³-hybridized carbons (Fsp3) is 0.263. The third-order valence-corrected chi connectivity index (χ3v) is 4.34. The first kappa shape index (κ1) is 17.7. The Kier molecular flexibility index (Phi) is 5.34. The van der Waals surface area contributed by atoms with Gasteiger partial charge in [-0.25, -0.2) is 9.18 Å². The molecule has 26 heavy (non-hydrogen) atoms. The Bertz CT molecular complexity index is 850. The van der Waals surface area contributed by atoms with Gasteiger partial charge in [-0.05, 0) is 23.3 Å². The van der Waals surface area contributed by atoms with Crippen LogP contribution in [0.2, 0.25) is 0 Å². The monoisotopic (exact) mass is 354 g/mol. The lowest BCUT2D eigenvalue weighted by Gasteiger charge is -2.18. The number of rotatable bonds is 5. The number of carbonyl (C=O) groups excluding carboxylic acids is 1. The van der Waals surface area contributed by atoms with Crippen LogP contribution >= 0.6 is 0 Å². The molecule has 0 aromatic heterocycles. The molecule has 0 saturated heterocycles. The van der Waals surface area contributed by atoms with Gasteiger partial charge in [0.1, 0.15) is 17.4 Å². The van der Waals surface area contributed by atoms with Crippen molar-refractivity contribution in [1.29, 1.82) is 5.26 Å². The molecule has 0 radical (unpaired) electrons. The molecule has 0 spiro atoms. The van der Waals surface area contributed by atoms with Gasteiger partial charge >= 0.3 is 6.03 Å². The van der Waals surface area contributed by atoms with E-state index in [0.717, 1.165) is 11.1 Å². The number of aliphatic hydroxyl groups is 1. The molecule has 2 aromatic rings. The number of hydrogen-bond acceptors (Lipinski definition) is 4. The maximum atomic E-state index is 13.5. The summed E-state index contributed by atoms with van der Waals surface area (Å²) < 4.78 is 13.5. The van der Waals surface area contributed by atoms with E-state index in [4.69, 9.17) is 5.26 Å². The number of aliphatic hydroxyl groups excluding tert-OH is 1. The predicted octanol–water partition coefficient (Wildman–Crippen LogP) is 2.07. The average Bonchev–Trinajstić information content (AvgIpc) is 2.94. The largest absolute Gasteiger partial charge is 0.390 e. The molecule has 1 aliphatic rings. The van der Waals surface area contributed by atoms with Crippen LogP contribution in [0.4, 0.5) is 14.9 Å². The molecule has 0 aliphatic heterocycles. The van der Waals surface area contributed by atoms with Crippen LogP contribution in [0.5, 0.6) is 0 Å². The minimum atomic E-state index is -0.651. The fourth-order valence-electron chi connectivity index (χ4n) is 3.10. The standard InChI is InChI=1S/C19H19FN4O2/c20-15-6-3-7-16(14(15)11-21)22-8-9-23-19(26)24-18-13-5-2-1-4-12(13)10-17(18)25/h1-7,17-18,22,25H,8-10H2,(H2,23,24,26)/t17-,18-/m0/s1. The Balaban J connectivity index is 1.49. The van der Waals surface area contributed by atoms with Crippen molar-refractivity contribution in [2.75, 3.05) is 18.4 Å². The molecule has 0 unspecified atom stereocenters. The summed E-state index contributed by atoms with van der Waals surface area (Å²) in [6.45, 7) is 0.604. The third-order valence-electron chi connectivity index (χ3n) is 4.34. The molecule has 7 heteroatoms. The van der Waals surface area contributed by atoms with E-state index in [9.17, 15) is 14.3 Å². The fourth-order valence-corrected chi connectivity index (χ4v) is 3.10. The van der Waals surface area contributed by atoms with Crippen LogP contribution in [0.15, 0.2) is 42.5 Å². The van der Waals surface area contributed by atoms with Crippen molar-refractivity contribution in [1.82, 2.24) is 10.6 Å². The summed E-state index contributed by atoms with van der Waals surface area (Å²) in [6, 6.07) is 12.9. The van der Waals surface area contributed by atoms with Crippen molar-refractivity contribution >= 4 is 11.7 Å². The Morgan fingerprint density at radius 1 is 1.23 bits per heavy atom. The van der Waals surface area contributed by atoms with Crippen LogP contribution in [-0.4, -0.2) is 30.3 Å². The number of fused-ring (bicyclic) bond motifs is 1. The number of nitrogens with zero attached hydrogens (tertiary/aromatic N) is 1. The molecular formula is C19H19FN4O2. The van der Waals surface area contributed by atoms with E-state index < -0.39 is 24.0 Å². The first-order valence-electron chi connectivity index (χ1n) is 8.33. The molecule has 3 rings (SSSR count). The highest BCUT2D eigenvalue weighted by molar-refractivity contribution is 5.75. The summed E-state index contributed by atoms with van der Waals surface area (Å²) in [7, 11) is 0. The first-order valence-corrected chi connectivity index (χ1v) is 8.33. The second-order valence-electron chi connectivity index (χ2n) is 6.05. The van der Waals surface area contributed by atoms with Gasteiger partial charge in [0.05, 0.1) is 17.8 Å². The summed E-state index contributed by atoms with van der Waals surface area (Å²) in [6.07, 6.45) is -0.138. The smallest absolute Gasteiger partial charge is 0.315 e. The number of nitrogens with one attached hydrogen (secondary N) is 3. The number of anilines is 1. The van der Waals surface area contributed by atoms with Gasteiger partial charge < -0.3 is 21.1 Å². The number of halogens is 1. The zero-order chi connectivity index (χ0) is 18.5. The van der Waals surface area contributed by atoms with Crippen LogP contribution in [0.1, 0.15) is 22.7 Å². The average molecular weight is 354 g/mol. The quantitative estimate of drug-likeness (QED) is 0.618. The van der Waals surface area contributed by atoms with Crippen LogP contribution in [0, 0.1) is 17.1 Å². The highest BCUT2D eigenvalue weighted by Crippen LogP contribution is 2.31. The second-order valence-corrected chi connectivity index (χ2v) is 6.05. The Morgan fingerprint density at radius 3 is 2.85 bits per heavy atom. The summed E-state index contributed by atoms with van der Waals surface area (Å²) in [5.41, 5.74) is 2.28. The van der Waals surface area contributed by atoms with Crippen molar-refractivity contribution in [2.24, 2.45) is 0 Å². The summed E-state index contributed by atoms with van der Waals surface area (Å²) in [5.74, 6) is -0.586. The Morgan fingerprint density at radius 2 is 2.04 bits per heavy atom. The van der Waals surface area contributed by atoms with Gasteiger partial charge in [0.25, 0.3) is 0 Å². The van der Waals surface area contributed by atoms with Crippen molar-refractivity contribution < 1.29 is 14.3 Å². The molecule has 2 amide bonds. The van der Waals surface area contributed by atoms with E-state index >= 15 is 0 Å². The highest BCUT2D eigenvalue weighted by Gasteiger charge is 2.31. The first-order chi connectivity index (χ1) is 12.6. The van der Waals surface area contributed by atoms with Gasteiger partial charge in [0, 0.05) is 19.5 Å². The van der Waals surface area contributed by atoms with Gasteiger partial charge in [-0.15, -0.1) is 0 Å². The zero-order valence-electron chi connectivity index (χ0n) is 14.0. The van der Waals surface area contributed by atoms with Crippen molar-refractivity contribution in [2.45, 2.75) is 18.6 Å². The van der Waals surface area contributed by atoms with E-state index in [1.807, 2.05) is 30.3 Å². The van der Waals surface area contributed by atoms with Crippen LogP contribution < -0.4 is 16.0 Å². The molecule has 0 fully saturated rings. The minimum Gasteiger partial charge on any atom is -0.390 e. The Labute approximate surface area is 150 Å². The summed E-state index contributed by atoms with van der Waals surface area (Å²) >= 11 is 0. The van der Waals surface area contributed by atoms with Gasteiger partial charge in [-0.1, -0.05) is 30.3 Å². The third kappa shape index (κ3) is 3.76. The molecule has 4 N–H and O–H groups in total. The molecule has 2 atom stereocenters.